The molecule has 0 fully saturated rings. The molecule has 0 aliphatic rings. The third-order valence-electron chi connectivity index (χ3n) is 4.07. The van der Waals surface area contributed by atoms with Gasteiger partial charge in [-0.2, -0.15) is 0 Å². The highest BCUT2D eigenvalue weighted by Crippen LogP contribution is 2.30. The van der Waals surface area contributed by atoms with E-state index in [-0.39, 0.29) is 12.1 Å². The van der Waals surface area contributed by atoms with Crippen LogP contribution < -0.4 is 15.4 Å². The van der Waals surface area contributed by atoms with E-state index >= 15 is 0 Å². The van der Waals surface area contributed by atoms with Gasteiger partial charge >= 0.3 is 6.03 Å². The zero-order valence-corrected chi connectivity index (χ0v) is 14.8. The number of nitrogens with one attached hydrogen (secondary N) is 2. The monoisotopic (exact) mass is 347 g/mol. The highest BCUT2D eigenvalue weighted by molar-refractivity contribution is 5.90. The molecule has 0 saturated heterocycles. The zero-order valence-electron chi connectivity index (χ0n) is 14.8. The van der Waals surface area contributed by atoms with Gasteiger partial charge in [0.25, 0.3) is 0 Å². The van der Waals surface area contributed by atoms with E-state index in [0.717, 1.165) is 22.4 Å². The van der Waals surface area contributed by atoms with Gasteiger partial charge in [0, 0.05) is 23.6 Å². The van der Waals surface area contributed by atoms with Crippen molar-refractivity contribution in [1.82, 2.24) is 10.3 Å². The molecule has 0 aliphatic carbocycles. The van der Waals surface area contributed by atoms with Crippen molar-refractivity contribution in [1.29, 1.82) is 0 Å². The van der Waals surface area contributed by atoms with Crippen molar-refractivity contribution in [3.63, 3.8) is 0 Å². The number of aromatic nitrogens is 1. The fourth-order valence-electron chi connectivity index (χ4n) is 2.73. The predicted molar refractivity (Wildman–Crippen MR) is 103 cm³/mol. The van der Waals surface area contributed by atoms with Gasteiger partial charge in [0.15, 0.2) is 0 Å². The third kappa shape index (κ3) is 4.19. The summed E-state index contributed by atoms with van der Waals surface area (Å²) in [5.41, 5.74) is 3.61. The molecule has 1 heterocycles. The number of carbonyl (C=O) groups is 1. The normalized spacial score (nSPS) is 11.5. The van der Waals surface area contributed by atoms with Crippen molar-refractivity contribution in [3.8, 4) is 16.9 Å². The van der Waals surface area contributed by atoms with E-state index in [0.29, 0.717) is 5.69 Å². The molecule has 0 bridgehead atoms. The maximum Gasteiger partial charge on any atom is 0.319 e. The zero-order chi connectivity index (χ0) is 18.4. The minimum absolute atomic E-state index is 0.138. The maximum absolute atomic E-state index is 12.3. The smallest absolute Gasteiger partial charge is 0.319 e. The predicted octanol–water partition coefficient (Wildman–Crippen LogP) is 4.64. The Hall–Kier alpha value is -3.34. The first-order valence-corrected chi connectivity index (χ1v) is 8.38. The molecule has 2 N–H and O–H groups in total. The molecule has 26 heavy (non-hydrogen) atoms. The second kappa shape index (κ2) is 8.16. The van der Waals surface area contributed by atoms with E-state index in [1.54, 1.807) is 19.5 Å². The number of hydrogen-bond donors (Lipinski definition) is 2. The van der Waals surface area contributed by atoms with E-state index in [9.17, 15) is 4.79 Å². The van der Waals surface area contributed by atoms with Crippen molar-refractivity contribution in [3.05, 3.63) is 78.6 Å². The number of urea groups is 1. The summed E-state index contributed by atoms with van der Waals surface area (Å²) in [4.78, 5) is 16.4. The fourth-order valence-corrected chi connectivity index (χ4v) is 2.73. The summed E-state index contributed by atoms with van der Waals surface area (Å²) in [5.74, 6) is 0.791. The molecule has 0 unspecified atom stereocenters. The second-order valence-electron chi connectivity index (χ2n) is 5.89. The Bertz CT molecular complexity index is 881. The Kier molecular flexibility index (Phi) is 5.49. The van der Waals surface area contributed by atoms with Gasteiger partial charge in [-0.3, -0.25) is 4.98 Å². The van der Waals surface area contributed by atoms with Crippen LogP contribution in [0.3, 0.4) is 0 Å². The summed E-state index contributed by atoms with van der Waals surface area (Å²) in [5, 5.41) is 5.79. The highest BCUT2D eigenvalue weighted by atomic mass is 16.5. The summed E-state index contributed by atoms with van der Waals surface area (Å²) >= 11 is 0. The minimum Gasteiger partial charge on any atom is -0.496 e. The quantitative estimate of drug-likeness (QED) is 0.707. The number of anilines is 1. The number of para-hydroxylation sites is 1. The standard InChI is InChI=1S/C21H21N3O2/c1-15(17-8-6-12-22-14-17)23-21(25)24-18-9-5-7-16(13-18)19-10-3-4-11-20(19)26-2/h3-15H,1-2H3,(H2,23,24,25)/t15-/m0/s1. The SMILES string of the molecule is COc1ccccc1-c1cccc(NC(=O)N[C@@H](C)c2cccnc2)c1. The van der Waals surface area contributed by atoms with Crippen molar-refractivity contribution in [2.45, 2.75) is 13.0 Å². The third-order valence-corrected chi connectivity index (χ3v) is 4.07. The molecule has 2 aromatic carbocycles. The first kappa shape index (κ1) is 17.5. The van der Waals surface area contributed by atoms with Crippen LogP contribution in [0.4, 0.5) is 10.5 Å². The first-order chi connectivity index (χ1) is 12.7. The average molecular weight is 347 g/mol. The summed E-state index contributed by atoms with van der Waals surface area (Å²) in [6.45, 7) is 1.92. The number of ether oxygens (including phenoxy) is 1. The maximum atomic E-state index is 12.3. The van der Waals surface area contributed by atoms with Gasteiger partial charge in [0.2, 0.25) is 0 Å². The van der Waals surface area contributed by atoms with E-state index in [1.165, 1.54) is 0 Å². The van der Waals surface area contributed by atoms with Crippen LogP contribution in [-0.2, 0) is 0 Å². The van der Waals surface area contributed by atoms with Crippen LogP contribution in [0.1, 0.15) is 18.5 Å². The van der Waals surface area contributed by atoms with Crippen LogP contribution in [0.5, 0.6) is 5.75 Å². The molecule has 0 spiro atoms. The summed E-state index contributed by atoms with van der Waals surface area (Å²) in [6, 6.07) is 18.8. The van der Waals surface area contributed by atoms with Gasteiger partial charge in [-0.05, 0) is 42.3 Å². The molecule has 5 heteroatoms. The van der Waals surface area contributed by atoms with Crippen molar-refractivity contribution < 1.29 is 9.53 Å². The molecule has 132 valence electrons. The van der Waals surface area contributed by atoms with Crippen molar-refractivity contribution in [2.24, 2.45) is 0 Å². The van der Waals surface area contributed by atoms with Gasteiger partial charge in [0.05, 0.1) is 13.2 Å². The lowest BCUT2D eigenvalue weighted by Gasteiger charge is -2.15. The molecule has 1 aromatic heterocycles. The number of pyridine rings is 1. The number of rotatable bonds is 5. The van der Waals surface area contributed by atoms with Crippen molar-refractivity contribution in [2.75, 3.05) is 12.4 Å². The van der Waals surface area contributed by atoms with Crippen LogP contribution in [0.15, 0.2) is 73.1 Å². The molecule has 0 aliphatic heterocycles. The summed E-state index contributed by atoms with van der Waals surface area (Å²) < 4.78 is 5.42. The van der Waals surface area contributed by atoms with Crippen LogP contribution in [0.2, 0.25) is 0 Å². The number of nitrogens with zero attached hydrogens (tertiary/aromatic N) is 1. The molecule has 3 aromatic rings. The molecule has 2 amide bonds. The molecule has 0 radical (unpaired) electrons. The number of amides is 2. The number of methoxy groups -OCH3 is 1. The summed E-state index contributed by atoms with van der Waals surface area (Å²) in [7, 11) is 1.65. The number of carbonyl (C=O) groups excluding carboxylic acids is 1. The Balaban J connectivity index is 1.71. The Morgan fingerprint density at radius 3 is 2.69 bits per heavy atom. The number of hydrogen-bond acceptors (Lipinski definition) is 3. The molecule has 3 rings (SSSR count). The topological polar surface area (TPSA) is 63.2 Å². The van der Waals surface area contributed by atoms with Crippen LogP contribution in [0, 0.1) is 0 Å². The van der Waals surface area contributed by atoms with Crippen molar-refractivity contribution >= 4 is 11.7 Å². The average Bonchev–Trinajstić information content (AvgIpc) is 2.68. The molecular formula is C21H21N3O2. The first-order valence-electron chi connectivity index (χ1n) is 8.38. The van der Waals surface area contributed by atoms with E-state index in [2.05, 4.69) is 15.6 Å². The highest BCUT2D eigenvalue weighted by Gasteiger charge is 2.11. The van der Waals surface area contributed by atoms with Crippen LogP contribution in [-0.4, -0.2) is 18.1 Å². The Morgan fingerprint density at radius 2 is 1.92 bits per heavy atom. The van der Waals surface area contributed by atoms with E-state index < -0.39 is 0 Å². The largest absolute Gasteiger partial charge is 0.496 e. The van der Waals surface area contributed by atoms with Gasteiger partial charge in [0.1, 0.15) is 5.75 Å². The van der Waals surface area contributed by atoms with Crippen LogP contribution >= 0.6 is 0 Å². The lowest BCUT2D eigenvalue weighted by Crippen LogP contribution is -2.31. The Labute approximate surface area is 153 Å². The number of benzene rings is 2. The van der Waals surface area contributed by atoms with Gasteiger partial charge < -0.3 is 15.4 Å². The summed E-state index contributed by atoms with van der Waals surface area (Å²) in [6.07, 6.45) is 3.45. The lowest BCUT2D eigenvalue weighted by molar-refractivity contribution is 0.249. The van der Waals surface area contributed by atoms with Crippen LogP contribution in [0.25, 0.3) is 11.1 Å². The van der Waals surface area contributed by atoms with Gasteiger partial charge in [-0.1, -0.05) is 36.4 Å². The second-order valence-corrected chi connectivity index (χ2v) is 5.89. The van der Waals surface area contributed by atoms with E-state index in [1.807, 2.05) is 67.6 Å². The lowest BCUT2D eigenvalue weighted by atomic mass is 10.0. The Morgan fingerprint density at radius 1 is 1.08 bits per heavy atom. The minimum atomic E-state index is -0.265. The fraction of sp³-hybridized carbons (Fsp3) is 0.143. The van der Waals surface area contributed by atoms with Gasteiger partial charge in [-0.15, -0.1) is 0 Å². The van der Waals surface area contributed by atoms with Gasteiger partial charge in [-0.25, -0.2) is 4.79 Å². The molecule has 5 nitrogen and oxygen atoms in total. The molecule has 0 saturated carbocycles. The molecule has 1 atom stereocenters. The molecular weight excluding hydrogens is 326 g/mol. The van der Waals surface area contributed by atoms with E-state index in [4.69, 9.17) is 4.74 Å².